The van der Waals surface area contributed by atoms with Crippen molar-refractivity contribution in [2.45, 2.75) is 39.7 Å². The quantitative estimate of drug-likeness (QED) is 0.447. The molecule has 4 rings (SSSR count). The van der Waals surface area contributed by atoms with Crippen molar-refractivity contribution in [2.24, 2.45) is 17.8 Å². The minimum absolute atomic E-state index is 0.104. The first-order chi connectivity index (χ1) is 19.1. The lowest BCUT2D eigenvalue weighted by Gasteiger charge is -2.22. The highest BCUT2D eigenvalue weighted by atomic mass is 19.1. The summed E-state index contributed by atoms with van der Waals surface area (Å²) < 4.78 is 17.7. The summed E-state index contributed by atoms with van der Waals surface area (Å²) >= 11 is 0. The lowest BCUT2D eigenvalue weighted by Crippen LogP contribution is -2.42. The van der Waals surface area contributed by atoms with Gasteiger partial charge in [0.05, 0.1) is 16.6 Å². The number of fused-ring (bicyclic) bond motifs is 2. The van der Waals surface area contributed by atoms with Crippen molar-refractivity contribution >= 4 is 40.3 Å². The van der Waals surface area contributed by atoms with Crippen LogP contribution in [0.5, 0.6) is 0 Å². The number of amides is 2. The molecule has 2 aromatic carbocycles. The SMILES string of the molecule is CCCN(CCC)C(=O)C1=Cc2c(F)cc(-c3ccc4c(=O)n(CC(=O)NC)c(=O)n(C)c4c3)cc2N=C(N)C1. The number of aryl methyl sites for hydroxylation is 1. The van der Waals surface area contributed by atoms with E-state index < -0.39 is 29.5 Å². The van der Waals surface area contributed by atoms with Gasteiger partial charge in [0, 0.05) is 44.7 Å². The van der Waals surface area contributed by atoms with E-state index in [0.717, 1.165) is 17.4 Å². The first kappa shape index (κ1) is 28.5. The van der Waals surface area contributed by atoms with E-state index in [2.05, 4.69) is 10.3 Å². The Morgan fingerprint density at radius 2 is 1.80 bits per heavy atom. The number of aromatic nitrogens is 2. The van der Waals surface area contributed by atoms with Gasteiger partial charge >= 0.3 is 5.69 Å². The fourth-order valence-corrected chi connectivity index (χ4v) is 4.86. The molecule has 40 heavy (non-hydrogen) atoms. The molecule has 1 aromatic heterocycles. The zero-order chi connectivity index (χ0) is 29.1. The van der Waals surface area contributed by atoms with Crippen molar-refractivity contribution in [3.8, 4) is 11.1 Å². The third-order valence-electron chi connectivity index (χ3n) is 6.88. The highest BCUT2D eigenvalue weighted by molar-refractivity contribution is 6.05. The van der Waals surface area contributed by atoms with E-state index in [1.165, 1.54) is 30.8 Å². The predicted molar refractivity (Wildman–Crippen MR) is 154 cm³/mol. The van der Waals surface area contributed by atoms with Gasteiger partial charge in [-0.3, -0.25) is 23.5 Å². The van der Waals surface area contributed by atoms with Gasteiger partial charge in [0.1, 0.15) is 18.2 Å². The predicted octanol–water partition coefficient (Wildman–Crippen LogP) is 2.68. The van der Waals surface area contributed by atoms with Crippen LogP contribution in [0.2, 0.25) is 0 Å². The second kappa shape index (κ2) is 11.7. The summed E-state index contributed by atoms with van der Waals surface area (Å²) in [4.78, 5) is 57.1. The zero-order valence-electron chi connectivity index (χ0n) is 23.1. The molecule has 210 valence electrons. The molecule has 10 nitrogen and oxygen atoms in total. The van der Waals surface area contributed by atoms with E-state index >= 15 is 4.39 Å². The Balaban J connectivity index is 1.80. The van der Waals surface area contributed by atoms with Crippen LogP contribution in [0.4, 0.5) is 10.1 Å². The zero-order valence-corrected chi connectivity index (χ0v) is 23.1. The molecular formula is C29H33FN6O4. The van der Waals surface area contributed by atoms with E-state index in [-0.39, 0.29) is 34.8 Å². The normalized spacial score (nSPS) is 12.8. The van der Waals surface area contributed by atoms with Crippen molar-refractivity contribution in [3.05, 3.63) is 68.1 Å². The molecule has 2 amide bonds. The number of nitrogens with two attached hydrogens (primary N) is 1. The van der Waals surface area contributed by atoms with Gasteiger partial charge in [0.15, 0.2) is 0 Å². The molecule has 0 unspecified atom stereocenters. The highest BCUT2D eigenvalue weighted by Gasteiger charge is 2.23. The van der Waals surface area contributed by atoms with Crippen molar-refractivity contribution in [2.75, 3.05) is 20.1 Å². The molecule has 0 spiro atoms. The molecule has 1 aliphatic rings. The maximum atomic E-state index is 15.6. The molecular weight excluding hydrogens is 515 g/mol. The molecule has 0 saturated carbocycles. The average Bonchev–Trinajstić information content (AvgIpc) is 3.11. The summed E-state index contributed by atoms with van der Waals surface area (Å²) in [6.45, 7) is 4.78. The van der Waals surface area contributed by atoms with Gasteiger partial charge in [-0.2, -0.15) is 0 Å². The Hall–Kier alpha value is -4.54. The molecule has 3 aromatic rings. The number of nitrogens with zero attached hydrogens (tertiary/aromatic N) is 4. The van der Waals surface area contributed by atoms with E-state index in [0.29, 0.717) is 35.3 Å². The van der Waals surface area contributed by atoms with Gasteiger partial charge < -0.3 is 16.0 Å². The number of hydrogen-bond acceptors (Lipinski definition) is 6. The van der Waals surface area contributed by atoms with Gasteiger partial charge in [0.25, 0.3) is 5.56 Å². The highest BCUT2D eigenvalue weighted by Crippen LogP contribution is 2.35. The van der Waals surface area contributed by atoms with Gasteiger partial charge in [-0.05, 0) is 54.3 Å². The lowest BCUT2D eigenvalue weighted by molar-refractivity contribution is -0.127. The molecule has 0 saturated heterocycles. The second-order valence-corrected chi connectivity index (χ2v) is 9.77. The number of benzene rings is 2. The largest absolute Gasteiger partial charge is 0.387 e. The lowest BCUT2D eigenvalue weighted by atomic mass is 9.99. The number of carbonyl (C=O) groups is 2. The summed E-state index contributed by atoms with van der Waals surface area (Å²) in [6.07, 6.45) is 3.23. The molecule has 0 bridgehead atoms. The van der Waals surface area contributed by atoms with Gasteiger partial charge in [-0.25, -0.2) is 14.2 Å². The fourth-order valence-electron chi connectivity index (χ4n) is 4.86. The summed E-state index contributed by atoms with van der Waals surface area (Å²) in [5.41, 5.74) is 7.08. The fraction of sp³-hybridized carbons (Fsp3) is 0.345. The number of rotatable bonds is 8. The summed E-state index contributed by atoms with van der Waals surface area (Å²) in [6, 6.07) is 7.79. The van der Waals surface area contributed by atoms with E-state index in [4.69, 9.17) is 5.73 Å². The Bertz CT molecular complexity index is 1680. The molecule has 0 fully saturated rings. The Kier molecular flexibility index (Phi) is 8.32. The second-order valence-electron chi connectivity index (χ2n) is 9.77. The Morgan fingerprint density at radius 1 is 1.10 bits per heavy atom. The van der Waals surface area contributed by atoms with E-state index in [1.807, 2.05) is 13.8 Å². The van der Waals surface area contributed by atoms with Gasteiger partial charge in [-0.15, -0.1) is 0 Å². The number of likely N-dealkylation sites (N-methyl/N-ethyl adjacent to an activating group) is 1. The molecule has 0 radical (unpaired) electrons. The summed E-state index contributed by atoms with van der Waals surface area (Å²) in [5, 5.41) is 2.64. The van der Waals surface area contributed by atoms with Crippen molar-refractivity contribution in [1.29, 1.82) is 0 Å². The first-order valence-electron chi connectivity index (χ1n) is 13.2. The maximum Gasteiger partial charge on any atom is 0.331 e. The van der Waals surface area contributed by atoms with Crippen molar-refractivity contribution < 1.29 is 14.0 Å². The number of halogens is 1. The van der Waals surface area contributed by atoms with E-state index in [1.54, 1.807) is 29.2 Å². The van der Waals surface area contributed by atoms with Crippen LogP contribution in [0, 0.1) is 5.82 Å². The van der Waals surface area contributed by atoms with Gasteiger partial charge in [0.2, 0.25) is 11.8 Å². The summed E-state index contributed by atoms with van der Waals surface area (Å²) in [5.74, 6) is -1.04. The number of aliphatic imine (C=N–C) groups is 1. The molecule has 3 N–H and O–H groups in total. The average molecular weight is 549 g/mol. The molecule has 1 aliphatic heterocycles. The van der Waals surface area contributed by atoms with Crippen LogP contribution in [0.1, 0.15) is 38.7 Å². The Labute approximate surface area is 230 Å². The van der Waals surface area contributed by atoms with Crippen LogP contribution in [0.15, 0.2) is 50.5 Å². The molecule has 11 heteroatoms. The maximum absolute atomic E-state index is 15.6. The van der Waals surface area contributed by atoms with Crippen molar-refractivity contribution in [1.82, 2.24) is 19.4 Å². The number of carbonyl (C=O) groups excluding carboxylic acids is 2. The number of nitrogens with one attached hydrogen (secondary N) is 1. The number of amidine groups is 1. The standard InChI is InChI=1S/C29H33FN6O4/c1-5-9-35(10-6-2)27(38)19-11-21-22(30)12-18(13-23(21)33-25(31)15-19)17-7-8-20-24(14-17)34(4)29(40)36(28(20)39)16-26(37)32-3/h7-8,11-14H,5-6,9-10,15-16H2,1-4H3,(H2,31,33)(H,32,37). The number of hydrogen-bond donors (Lipinski definition) is 2. The van der Waals surface area contributed by atoms with Crippen molar-refractivity contribution in [3.63, 3.8) is 0 Å². The topological polar surface area (TPSA) is 132 Å². The van der Waals surface area contributed by atoms with Crippen LogP contribution >= 0.6 is 0 Å². The molecule has 2 heterocycles. The van der Waals surface area contributed by atoms with Crippen LogP contribution < -0.4 is 22.3 Å². The molecule has 0 aliphatic carbocycles. The minimum Gasteiger partial charge on any atom is -0.387 e. The third kappa shape index (κ3) is 5.45. The van der Waals surface area contributed by atoms with Gasteiger partial charge in [-0.1, -0.05) is 19.9 Å². The van der Waals surface area contributed by atoms with Crippen LogP contribution in [0.3, 0.4) is 0 Å². The van der Waals surface area contributed by atoms with Crippen LogP contribution in [0.25, 0.3) is 28.1 Å². The molecule has 0 atom stereocenters. The first-order valence-corrected chi connectivity index (χ1v) is 13.2. The smallest absolute Gasteiger partial charge is 0.331 e. The summed E-state index contributed by atoms with van der Waals surface area (Å²) in [7, 11) is 2.92. The minimum atomic E-state index is -0.647. The monoisotopic (exact) mass is 548 g/mol. The Morgan fingerprint density at radius 3 is 2.45 bits per heavy atom. The van der Waals surface area contributed by atoms with E-state index in [9.17, 15) is 19.2 Å². The third-order valence-corrected chi connectivity index (χ3v) is 6.88. The van der Waals surface area contributed by atoms with Crippen LogP contribution in [-0.4, -0.2) is 51.8 Å². The van der Waals surface area contributed by atoms with Crippen LogP contribution in [-0.2, 0) is 23.2 Å².